The van der Waals surface area contributed by atoms with Crippen LogP contribution in [-0.2, 0) is 9.59 Å². The van der Waals surface area contributed by atoms with Gasteiger partial charge in [0.25, 0.3) is 5.91 Å². The van der Waals surface area contributed by atoms with Gasteiger partial charge in [-0.1, -0.05) is 6.07 Å². The zero-order valence-corrected chi connectivity index (χ0v) is 20.2. The standard InChI is InChI=1S/C25H24N6O3S/c1-15(32)27-18-4-3-5-19(12-18)28-25-26-14-17-6-7-21-20(23(17)29-25)13-22(35-21)24(34)31-10-8-30(9-11-31)16(2)33/h3-7,12-14H,8-11H2,1-2H3,(H,27,32)(H,26,28,29). The Labute approximate surface area is 205 Å². The quantitative estimate of drug-likeness (QED) is 0.452. The van der Waals surface area contributed by atoms with E-state index in [4.69, 9.17) is 4.98 Å². The van der Waals surface area contributed by atoms with Gasteiger partial charge in [-0.2, -0.15) is 0 Å². The fourth-order valence-corrected chi connectivity index (χ4v) is 5.19. The first kappa shape index (κ1) is 22.7. The average molecular weight is 489 g/mol. The molecule has 5 rings (SSSR count). The van der Waals surface area contributed by atoms with Gasteiger partial charge in [0, 0.05) is 73.1 Å². The molecule has 35 heavy (non-hydrogen) atoms. The molecule has 0 unspecified atom stereocenters. The Morgan fingerprint density at radius 1 is 0.943 bits per heavy atom. The monoisotopic (exact) mass is 488 g/mol. The number of fused-ring (bicyclic) bond motifs is 3. The molecule has 0 aliphatic carbocycles. The van der Waals surface area contributed by atoms with Gasteiger partial charge in [0.05, 0.1) is 10.4 Å². The van der Waals surface area contributed by atoms with Crippen LogP contribution in [0.15, 0.2) is 48.7 Å². The van der Waals surface area contributed by atoms with Gasteiger partial charge >= 0.3 is 0 Å². The fourth-order valence-electron chi connectivity index (χ4n) is 4.16. The van der Waals surface area contributed by atoms with Gasteiger partial charge in [-0.3, -0.25) is 14.4 Å². The summed E-state index contributed by atoms with van der Waals surface area (Å²) in [7, 11) is 0. The molecule has 1 saturated heterocycles. The van der Waals surface area contributed by atoms with Crippen LogP contribution in [0.1, 0.15) is 23.5 Å². The first-order valence-electron chi connectivity index (χ1n) is 11.3. The number of hydrogen-bond donors (Lipinski definition) is 2. The summed E-state index contributed by atoms with van der Waals surface area (Å²) in [6.07, 6.45) is 1.75. The van der Waals surface area contributed by atoms with E-state index in [-0.39, 0.29) is 17.7 Å². The third-order valence-corrected chi connectivity index (χ3v) is 7.00. The first-order valence-corrected chi connectivity index (χ1v) is 12.1. The molecule has 4 aromatic rings. The summed E-state index contributed by atoms with van der Waals surface area (Å²) in [6, 6.07) is 13.2. The molecule has 1 aliphatic heterocycles. The Balaban J connectivity index is 1.41. The second kappa shape index (κ2) is 9.30. The molecule has 3 amide bonds. The Morgan fingerprint density at radius 2 is 1.69 bits per heavy atom. The second-order valence-electron chi connectivity index (χ2n) is 8.40. The van der Waals surface area contributed by atoms with Crippen molar-refractivity contribution in [1.82, 2.24) is 19.8 Å². The minimum atomic E-state index is -0.143. The van der Waals surface area contributed by atoms with Gasteiger partial charge in [0.2, 0.25) is 17.8 Å². The molecular formula is C25H24N6O3S. The molecular weight excluding hydrogens is 464 g/mol. The van der Waals surface area contributed by atoms with Crippen molar-refractivity contribution in [3.8, 4) is 0 Å². The van der Waals surface area contributed by atoms with Crippen molar-refractivity contribution < 1.29 is 14.4 Å². The number of nitrogens with zero attached hydrogens (tertiary/aromatic N) is 4. The van der Waals surface area contributed by atoms with Crippen molar-refractivity contribution in [2.45, 2.75) is 13.8 Å². The van der Waals surface area contributed by atoms with Crippen LogP contribution >= 0.6 is 11.3 Å². The number of rotatable bonds is 4. The first-order chi connectivity index (χ1) is 16.9. The smallest absolute Gasteiger partial charge is 0.264 e. The lowest BCUT2D eigenvalue weighted by atomic mass is 10.1. The van der Waals surface area contributed by atoms with Crippen molar-refractivity contribution >= 4 is 67.4 Å². The number of nitrogens with one attached hydrogen (secondary N) is 2. The van der Waals surface area contributed by atoms with Crippen molar-refractivity contribution in [1.29, 1.82) is 0 Å². The maximum absolute atomic E-state index is 13.2. The van der Waals surface area contributed by atoms with Gasteiger partial charge < -0.3 is 20.4 Å². The highest BCUT2D eigenvalue weighted by atomic mass is 32.1. The van der Waals surface area contributed by atoms with Crippen molar-refractivity contribution in [3.05, 3.63) is 53.5 Å². The van der Waals surface area contributed by atoms with Crippen LogP contribution < -0.4 is 10.6 Å². The maximum atomic E-state index is 13.2. The molecule has 1 fully saturated rings. The number of anilines is 3. The van der Waals surface area contributed by atoms with Gasteiger partial charge in [0.1, 0.15) is 0 Å². The predicted molar refractivity (Wildman–Crippen MR) is 137 cm³/mol. The average Bonchev–Trinajstić information content (AvgIpc) is 3.28. The van der Waals surface area contributed by atoms with Crippen LogP contribution in [0.5, 0.6) is 0 Å². The molecule has 3 heterocycles. The van der Waals surface area contributed by atoms with Crippen molar-refractivity contribution in [3.63, 3.8) is 0 Å². The second-order valence-corrected chi connectivity index (χ2v) is 9.49. The third-order valence-electron chi connectivity index (χ3n) is 5.91. The summed E-state index contributed by atoms with van der Waals surface area (Å²) in [5.41, 5.74) is 2.18. The number of amides is 3. The highest BCUT2D eigenvalue weighted by Gasteiger charge is 2.25. The summed E-state index contributed by atoms with van der Waals surface area (Å²) in [4.78, 5) is 49.5. The van der Waals surface area contributed by atoms with Gasteiger partial charge in [-0.15, -0.1) is 11.3 Å². The molecule has 2 N–H and O–H groups in total. The Hall–Kier alpha value is -4.05. The number of carbonyl (C=O) groups is 3. The van der Waals surface area contributed by atoms with E-state index in [0.717, 1.165) is 26.7 Å². The zero-order valence-electron chi connectivity index (χ0n) is 19.4. The molecule has 0 saturated carbocycles. The molecule has 2 aromatic carbocycles. The lowest BCUT2D eigenvalue weighted by molar-refractivity contribution is -0.130. The van der Waals surface area contributed by atoms with Crippen LogP contribution in [0.25, 0.3) is 21.0 Å². The van der Waals surface area contributed by atoms with E-state index in [9.17, 15) is 14.4 Å². The molecule has 2 aromatic heterocycles. The minimum Gasteiger partial charge on any atom is -0.339 e. The number of carbonyl (C=O) groups excluding carboxylic acids is 3. The summed E-state index contributed by atoms with van der Waals surface area (Å²) in [5.74, 6) is 0.292. The number of benzene rings is 2. The lowest BCUT2D eigenvalue weighted by Crippen LogP contribution is -2.49. The lowest BCUT2D eigenvalue weighted by Gasteiger charge is -2.33. The van der Waals surface area contributed by atoms with Gasteiger partial charge in [-0.05, 0) is 36.4 Å². The van der Waals surface area contributed by atoms with E-state index in [0.29, 0.717) is 42.7 Å². The molecule has 10 heteroatoms. The molecule has 1 aliphatic rings. The molecule has 0 bridgehead atoms. The van der Waals surface area contributed by atoms with Gasteiger partial charge in [-0.25, -0.2) is 9.97 Å². The van der Waals surface area contributed by atoms with Crippen molar-refractivity contribution in [2.75, 3.05) is 36.8 Å². The van der Waals surface area contributed by atoms with E-state index in [1.165, 1.54) is 18.3 Å². The topological polar surface area (TPSA) is 108 Å². The zero-order chi connectivity index (χ0) is 24.5. The van der Waals surface area contributed by atoms with Crippen LogP contribution in [0.3, 0.4) is 0 Å². The van der Waals surface area contributed by atoms with Crippen LogP contribution in [-0.4, -0.2) is 63.7 Å². The molecule has 0 radical (unpaired) electrons. The predicted octanol–water partition coefficient (Wildman–Crippen LogP) is 3.85. The van der Waals surface area contributed by atoms with Crippen LogP contribution in [0, 0.1) is 0 Å². The molecule has 0 atom stereocenters. The van der Waals surface area contributed by atoms with E-state index in [2.05, 4.69) is 15.6 Å². The number of thiophene rings is 1. The highest BCUT2D eigenvalue weighted by Crippen LogP contribution is 2.32. The van der Waals surface area contributed by atoms with E-state index >= 15 is 0 Å². The van der Waals surface area contributed by atoms with E-state index < -0.39 is 0 Å². The maximum Gasteiger partial charge on any atom is 0.264 e. The molecule has 178 valence electrons. The van der Waals surface area contributed by atoms with Crippen LogP contribution in [0.4, 0.5) is 17.3 Å². The van der Waals surface area contributed by atoms with Gasteiger partial charge in [0.15, 0.2) is 0 Å². The third kappa shape index (κ3) is 4.78. The number of hydrogen-bond acceptors (Lipinski definition) is 7. The van der Waals surface area contributed by atoms with E-state index in [1.807, 2.05) is 36.4 Å². The summed E-state index contributed by atoms with van der Waals surface area (Å²) in [5, 5.41) is 7.73. The number of piperazine rings is 1. The molecule has 9 nitrogen and oxygen atoms in total. The summed E-state index contributed by atoms with van der Waals surface area (Å²) < 4.78 is 0.973. The minimum absolute atomic E-state index is 0.0234. The Bertz CT molecular complexity index is 1460. The molecule has 0 spiro atoms. The largest absolute Gasteiger partial charge is 0.339 e. The summed E-state index contributed by atoms with van der Waals surface area (Å²) in [6.45, 7) is 5.19. The fraction of sp³-hybridized carbons (Fsp3) is 0.240. The van der Waals surface area contributed by atoms with E-state index in [1.54, 1.807) is 29.0 Å². The Kier molecular flexibility index (Phi) is 6.04. The SMILES string of the molecule is CC(=O)Nc1cccc(Nc2ncc3ccc4sc(C(=O)N5CCN(C(C)=O)CC5)cc4c3n2)c1. The highest BCUT2D eigenvalue weighted by molar-refractivity contribution is 7.21. The van der Waals surface area contributed by atoms with Crippen molar-refractivity contribution in [2.24, 2.45) is 0 Å². The number of aromatic nitrogens is 2. The normalized spacial score (nSPS) is 13.8. The summed E-state index contributed by atoms with van der Waals surface area (Å²) >= 11 is 1.45. The Morgan fingerprint density at radius 3 is 2.43 bits per heavy atom. The van der Waals surface area contributed by atoms with Crippen LogP contribution in [0.2, 0.25) is 0 Å².